The third-order valence-corrected chi connectivity index (χ3v) is 2.03. The molecule has 8 heavy (non-hydrogen) atoms. The van der Waals surface area contributed by atoms with E-state index in [1.165, 1.54) is 19.3 Å². The molecule has 0 aromatic heterocycles. The summed E-state index contributed by atoms with van der Waals surface area (Å²) in [7, 11) is 0. The summed E-state index contributed by atoms with van der Waals surface area (Å²) in [5, 5.41) is 0. The van der Waals surface area contributed by atoms with Gasteiger partial charge in [-0.05, 0) is 31.1 Å². The second-order valence-corrected chi connectivity index (χ2v) is 2.70. The molecule has 0 saturated heterocycles. The normalized spacial score (nSPS) is 43.0. The van der Waals surface area contributed by atoms with E-state index >= 15 is 0 Å². The van der Waals surface area contributed by atoms with Crippen LogP contribution in [0.1, 0.15) is 19.3 Å². The zero-order chi connectivity index (χ0) is 5.40. The highest BCUT2D eigenvalue weighted by Gasteiger charge is 2.23. The van der Waals surface area contributed by atoms with Crippen molar-refractivity contribution in [3.05, 3.63) is 18.6 Å². The third kappa shape index (κ3) is 0.594. The van der Waals surface area contributed by atoms with E-state index in [4.69, 9.17) is 0 Å². The lowest BCUT2D eigenvalue weighted by atomic mass is 9.88. The molecule has 42 valence electrons. The molecule has 0 N–H and O–H groups in total. The molecule has 1 saturated carbocycles. The first-order valence-corrected chi connectivity index (χ1v) is 3.39. The zero-order valence-corrected chi connectivity index (χ0v) is 4.93. The van der Waals surface area contributed by atoms with Gasteiger partial charge in [0.1, 0.15) is 0 Å². The molecule has 2 rings (SSSR count). The van der Waals surface area contributed by atoms with Gasteiger partial charge in [0, 0.05) is 0 Å². The molecular weight excluding hydrogens is 96.1 g/mol. The molecule has 2 aliphatic rings. The van der Waals surface area contributed by atoms with Crippen molar-refractivity contribution in [3.8, 4) is 0 Å². The predicted molar refractivity (Wildman–Crippen MR) is 33.2 cm³/mol. The fourth-order valence-electron chi connectivity index (χ4n) is 1.57. The summed E-state index contributed by atoms with van der Waals surface area (Å²) in [6.45, 7) is 0. The Morgan fingerprint density at radius 3 is 2.25 bits per heavy atom. The Hall–Kier alpha value is -0.260. The van der Waals surface area contributed by atoms with Crippen LogP contribution in [0, 0.1) is 18.3 Å². The zero-order valence-electron chi connectivity index (χ0n) is 4.93. The molecule has 2 aliphatic carbocycles. The highest BCUT2D eigenvalue weighted by Crippen LogP contribution is 2.34. The molecule has 0 aromatic rings. The van der Waals surface area contributed by atoms with Gasteiger partial charge in [0.2, 0.25) is 0 Å². The molecule has 0 aliphatic heterocycles. The lowest BCUT2D eigenvalue weighted by molar-refractivity contribution is 0.479. The van der Waals surface area contributed by atoms with E-state index in [1.807, 2.05) is 0 Å². The maximum Gasteiger partial charge on any atom is -0.00246 e. The van der Waals surface area contributed by atoms with Crippen LogP contribution in [0.4, 0.5) is 0 Å². The van der Waals surface area contributed by atoms with Gasteiger partial charge in [-0.15, -0.1) is 0 Å². The topological polar surface area (TPSA) is 0 Å². The van der Waals surface area contributed by atoms with Gasteiger partial charge < -0.3 is 0 Å². The van der Waals surface area contributed by atoms with Crippen molar-refractivity contribution in [2.24, 2.45) is 11.8 Å². The maximum absolute atomic E-state index is 3.48. The summed E-state index contributed by atoms with van der Waals surface area (Å²) in [4.78, 5) is 0. The van der Waals surface area contributed by atoms with Crippen LogP contribution in [0.25, 0.3) is 0 Å². The van der Waals surface area contributed by atoms with Crippen molar-refractivity contribution < 1.29 is 0 Å². The Kier molecular flexibility index (Phi) is 0.927. The summed E-state index contributed by atoms with van der Waals surface area (Å²) in [6.07, 6.45) is 12.2. The molecular formula is C8H10. The first kappa shape index (κ1) is 4.60. The first-order chi connectivity index (χ1) is 3.95. The minimum absolute atomic E-state index is 0.730. The number of allylic oxidation sites excluding steroid dienone is 2. The van der Waals surface area contributed by atoms with E-state index in [1.54, 1.807) is 0 Å². The van der Waals surface area contributed by atoms with Gasteiger partial charge in [-0.2, -0.15) is 0 Å². The monoisotopic (exact) mass is 106 g/mol. The van der Waals surface area contributed by atoms with Crippen molar-refractivity contribution in [1.82, 2.24) is 0 Å². The quantitative estimate of drug-likeness (QED) is 0.414. The van der Waals surface area contributed by atoms with Crippen molar-refractivity contribution in [2.45, 2.75) is 19.3 Å². The lowest BCUT2D eigenvalue weighted by Crippen LogP contribution is -2.05. The summed E-state index contributed by atoms with van der Waals surface area (Å²) >= 11 is 0. The van der Waals surface area contributed by atoms with E-state index < -0.39 is 0 Å². The molecule has 0 aromatic carbocycles. The van der Waals surface area contributed by atoms with Gasteiger partial charge in [0.15, 0.2) is 0 Å². The van der Waals surface area contributed by atoms with Gasteiger partial charge in [-0.25, -0.2) is 0 Å². The van der Waals surface area contributed by atoms with Gasteiger partial charge in [-0.3, -0.25) is 0 Å². The molecule has 1 fully saturated rings. The fourth-order valence-corrected chi connectivity index (χ4v) is 1.57. The standard InChI is InChI=1S/C8H10/c1-2-7-4-5-8(3-1)6-7/h4-5,7-8H,1-3H2. The first-order valence-electron chi connectivity index (χ1n) is 3.39. The molecule has 0 spiro atoms. The third-order valence-electron chi connectivity index (χ3n) is 2.03. The SMILES string of the molecule is [C]1C2C=CC1CCC2. The van der Waals surface area contributed by atoms with Crippen molar-refractivity contribution in [2.75, 3.05) is 0 Å². The average molecular weight is 106 g/mol. The average Bonchev–Trinajstić information content (AvgIpc) is 2.12. The molecule has 0 heterocycles. The largest absolute Gasteiger partial charge is 0.0845 e. The second kappa shape index (κ2) is 1.61. The predicted octanol–water partition coefficient (Wildman–Crippen LogP) is 2.05. The molecule has 2 bridgehead atoms. The highest BCUT2D eigenvalue weighted by atomic mass is 14.3. The van der Waals surface area contributed by atoms with Gasteiger partial charge in [0.05, 0.1) is 0 Å². The minimum Gasteiger partial charge on any atom is -0.0845 e. The van der Waals surface area contributed by atoms with Gasteiger partial charge in [-0.1, -0.05) is 18.6 Å². The van der Waals surface area contributed by atoms with Crippen LogP contribution >= 0.6 is 0 Å². The Balaban J connectivity index is 2.13. The van der Waals surface area contributed by atoms with Crippen LogP contribution in [-0.4, -0.2) is 0 Å². The number of rotatable bonds is 0. The van der Waals surface area contributed by atoms with E-state index in [2.05, 4.69) is 18.6 Å². The summed E-state index contributed by atoms with van der Waals surface area (Å²) < 4.78 is 0. The summed E-state index contributed by atoms with van der Waals surface area (Å²) in [6, 6.07) is 0. The smallest absolute Gasteiger partial charge is 0.00246 e. The molecule has 2 unspecified atom stereocenters. The van der Waals surface area contributed by atoms with Crippen molar-refractivity contribution in [1.29, 1.82) is 0 Å². The highest BCUT2D eigenvalue weighted by molar-refractivity contribution is 5.13. The Labute approximate surface area is 50.6 Å². The molecule has 2 atom stereocenters. The maximum atomic E-state index is 3.48. The van der Waals surface area contributed by atoms with Crippen LogP contribution in [0.2, 0.25) is 0 Å². The second-order valence-electron chi connectivity index (χ2n) is 2.70. The Morgan fingerprint density at radius 2 is 1.75 bits per heavy atom. The molecule has 2 radical (unpaired) electrons. The van der Waals surface area contributed by atoms with Crippen LogP contribution < -0.4 is 0 Å². The summed E-state index contributed by atoms with van der Waals surface area (Å²) in [5.41, 5.74) is 0. The van der Waals surface area contributed by atoms with Crippen LogP contribution in [-0.2, 0) is 0 Å². The summed E-state index contributed by atoms with van der Waals surface area (Å²) in [5.74, 6) is 1.46. The van der Waals surface area contributed by atoms with E-state index in [0.29, 0.717) is 0 Å². The van der Waals surface area contributed by atoms with E-state index in [0.717, 1.165) is 11.8 Å². The molecule has 0 heteroatoms. The Bertz CT molecular complexity index is 101. The van der Waals surface area contributed by atoms with Crippen LogP contribution in [0.15, 0.2) is 12.2 Å². The number of hydrogen-bond acceptors (Lipinski definition) is 0. The van der Waals surface area contributed by atoms with Crippen LogP contribution in [0.5, 0.6) is 0 Å². The van der Waals surface area contributed by atoms with E-state index in [-0.39, 0.29) is 0 Å². The van der Waals surface area contributed by atoms with Crippen molar-refractivity contribution >= 4 is 0 Å². The molecule has 0 amide bonds. The minimum atomic E-state index is 0.730. The van der Waals surface area contributed by atoms with Crippen molar-refractivity contribution in [3.63, 3.8) is 0 Å². The lowest BCUT2D eigenvalue weighted by Gasteiger charge is -2.16. The van der Waals surface area contributed by atoms with E-state index in [9.17, 15) is 0 Å². The fraction of sp³-hybridized carbons (Fsp3) is 0.625. The number of hydrogen-bond donors (Lipinski definition) is 0. The Morgan fingerprint density at radius 1 is 1.12 bits per heavy atom. The molecule has 0 nitrogen and oxygen atoms in total. The number of fused-ring (bicyclic) bond motifs is 2. The van der Waals surface area contributed by atoms with Gasteiger partial charge >= 0.3 is 0 Å². The van der Waals surface area contributed by atoms with Gasteiger partial charge in [0.25, 0.3) is 0 Å². The van der Waals surface area contributed by atoms with Crippen LogP contribution in [0.3, 0.4) is 0 Å².